The van der Waals surface area contributed by atoms with Crippen molar-refractivity contribution in [2.75, 3.05) is 14.1 Å². The third-order valence-corrected chi connectivity index (χ3v) is 4.43. The molecule has 0 aliphatic carbocycles. The first-order chi connectivity index (χ1) is 12.6. The van der Waals surface area contributed by atoms with Crippen LogP contribution >= 0.6 is 0 Å². The molecule has 1 amide bonds. The average Bonchev–Trinajstić information content (AvgIpc) is 2.68. The van der Waals surface area contributed by atoms with E-state index in [0.29, 0.717) is 16.6 Å². The van der Waals surface area contributed by atoms with Gasteiger partial charge in [0.1, 0.15) is 0 Å². The Kier molecular flexibility index (Phi) is 3.77. The molecule has 0 unspecified atom stereocenters. The molecule has 0 N–H and O–H groups in total. The Labute approximate surface area is 150 Å². The van der Waals surface area contributed by atoms with E-state index in [9.17, 15) is 9.59 Å². The van der Waals surface area contributed by atoms with Crippen LogP contribution in [0, 0.1) is 0 Å². The molecule has 0 radical (unpaired) electrons. The van der Waals surface area contributed by atoms with Gasteiger partial charge in [-0.3, -0.25) is 9.59 Å². The SMILES string of the molecule is CN(C)C(=O)c1cc(-c2ccccc2)c(=O)n2ncc3ccccc3c12. The van der Waals surface area contributed by atoms with Crippen LogP contribution in [0.5, 0.6) is 0 Å². The minimum atomic E-state index is -0.243. The molecule has 5 nitrogen and oxygen atoms in total. The largest absolute Gasteiger partial charge is 0.345 e. The summed E-state index contributed by atoms with van der Waals surface area (Å²) in [5.74, 6) is -0.169. The van der Waals surface area contributed by atoms with Crippen molar-refractivity contribution >= 4 is 22.2 Å². The molecule has 4 rings (SSSR count). The zero-order chi connectivity index (χ0) is 18.3. The molecule has 0 fully saturated rings. The molecule has 5 heteroatoms. The summed E-state index contributed by atoms with van der Waals surface area (Å²) in [6.07, 6.45) is 1.66. The van der Waals surface area contributed by atoms with Crippen LogP contribution in [0.2, 0.25) is 0 Å². The van der Waals surface area contributed by atoms with E-state index in [1.165, 1.54) is 9.42 Å². The standard InChI is InChI=1S/C21H17N3O2/c1-23(2)20(25)18-12-17(14-8-4-3-5-9-14)21(26)24-19(18)16-11-7-6-10-15(16)13-22-24/h3-13H,1-2H3. The number of nitrogens with zero attached hydrogens (tertiary/aromatic N) is 3. The first-order valence-electron chi connectivity index (χ1n) is 8.29. The smallest absolute Gasteiger partial charge is 0.279 e. The molecule has 0 atom stereocenters. The van der Waals surface area contributed by atoms with Gasteiger partial charge in [-0.15, -0.1) is 0 Å². The topological polar surface area (TPSA) is 54.7 Å². The van der Waals surface area contributed by atoms with E-state index in [0.717, 1.165) is 16.3 Å². The first-order valence-corrected chi connectivity index (χ1v) is 8.29. The Morgan fingerprint density at radius 2 is 1.69 bits per heavy atom. The van der Waals surface area contributed by atoms with Gasteiger partial charge in [-0.05, 0) is 11.6 Å². The van der Waals surface area contributed by atoms with Crippen LogP contribution in [0.4, 0.5) is 0 Å². The minimum absolute atomic E-state index is 0.169. The highest BCUT2D eigenvalue weighted by atomic mass is 16.2. The van der Waals surface area contributed by atoms with Crippen LogP contribution in [0.3, 0.4) is 0 Å². The summed E-state index contributed by atoms with van der Waals surface area (Å²) in [6, 6.07) is 18.6. The molecule has 0 saturated carbocycles. The van der Waals surface area contributed by atoms with Crippen molar-refractivity contribution in [2.45, 2.75) is 0 Å². The first kappa shape index (κ1) is 16.0. The molecule has 0 aliphatic rings. The fourth-order valence-corrected chi connectivity index (χ4v) is 3.15. The number of rotatable bonds is 2. The van der Waals surface area contributed by atoms with Crippen molar-refractivity contribution in [3.63, 3.8) is 0 Å². The Morgan fingerprint density at radius 3 is 2.42 bits per heavy atom. The van der Waals surface area contributed by atoms with Crippen LogP contribution in [0.1, 0.15) is 10.4 Å². The number of carbonyl (C=O) groups excluding carboxylic acids is 1. The molecular weight excluding hydrogens is 326 g/mol. The lowest BCUT2D eigenvalue weighted by molar-refractivity contribution is 0.0829. The Bertz CT molecular complexity index is 1190. The Morgan fingerprint density at radius 1 is 1.00 bits per heavy atom. The lowest BCUT2D eigenvalue weighted by Crippen LogP contribution is -2.26. The number of pyridine rings is 1. The van der Waals surface area contributed by atoms with Gasteiger partial charge in [-0.25, -0.2) is 0 Å². The predicted molar refractivity (Wildman–Crippen MR) is 102 cm³/mol. The van der Waals surface area contributed by atoms with E-state index in [-0.39, 0.29) is 11.5 Å². The van der Waals surface area contributed by atoms with Crippen LogP contribution in [-0.2, 0) is 0 Å². The summed E-state index contributed by atoms with van der Waals surface area (Å²) in [5.41, 5.74) is 1.96. The van der Waals surface area contributed by atoms with E-state index < -0.39 is 0 Å². The maximum atomic E-state index is 13.1. The molecule has 4 aromatic rings. The molecule has 2 aromatic heterocycles. The molecule has 0 saturated heterocycles. The van der Waals surface area contributed by atoms with Crippen molar-refractivity contribution < 1.29 is 4.79 Å². The fraction of sp³-hybridized carbons (Fsp3) is 0.0952. The van der Waals surface area contributed by atoms with E-state index in [1.807, 2.05) is 54.6 Å². The normalized spacial score (nSPS) is 11.0. The molecule has 0 aliphatic heterocycles. The molecule has 2 heterocycles. The quantitative estimate of drug-likeness (QED) is 0.525. The zero-order valence-corrected chi connectivity index (χ0v) is 14.5. The van der Waals surface area contributed by atoms with Gasteiger partial charge in [-0.2, -0.15) is 9.61 Å². The second kappa shape index (κ2) is 6.11. The lowest BCUT2D eigenvalue weighted by atomic mass is 10.0. The highest BCUT2D eigenvalue weighted by molar-refractivity contribution is 6.09. The van der Waals surface area contributed by atoms with Gasteiger partial charge in [0.2, 0.25) is 0 Å². The highest BCUT2D eigenvalue weighted by Crippen LogP contribution is 2.25. The van der Waals surface area contributed by atoms with E-state index in [2.05, 4.69) is 5.10 Å². The second-order valence-corrected chi connectivity index (χ2v) is 6.33. The van der Waals surface area contributed by atoms with Crippen LogP contribution in [-0.4, -0.2) is 34.5 Å². The molecule has 0 bridgehead atoms. The summed E-state index contributed by atoms with van der Waals surface area (Å²) >= 11 is 0. The fourth-order valence-electron chi connectivity index (χ4n) is 3.15. The summed E-state index contributed by atoms with van der Waals surface area (Å²) in [7, 11) is 3.40. The number of amides is 1. The van der Waals surface area contributed by atoms with Gasteiger partial charge in [0.05, 0.1) is 17.3 Å². The van der Waals surface area contributed by atoms with Crippen molar-refractivity contribution in [3.05, 3.63) is 82.8 Å². The van der Waals surface area contributed by atoms with Crippen molar-refractivity contribution in [3.8, 4) is 11.1 Å². The van der Waals surface area contributed by atoms with Crippen LogP contribution < -0.4 is 5.56 Å². The van der Waals surface area contributed by atoms with Crippen molar-refractivity contribution in [2.24, 2.45) is 0 Å². The average molecular weight is 343 g/mol. The van der Waals surface area contributed by atoms with Gasteiger partial charge in [0.15, 0.2) is 0 Å². The summed E-state index contributed by atoms with van der Waals surface area (Å²) in [4.78, 5) is 27.5. The van der Waals surface area contributed by atoms with Crippen molar-refractivity contribution in [1.82, 2.24) is 14.5 Å². The number of hydrogen-bond donors (Lipinski definition) is 0. The number of hydrogen-bond acceptors (Lipinski definition) is 3. The number of benzene rings is 2. The van der Waals surface area contributed by atoms with E-state index >= 15 is 0 Å². The Balaban J connectivity index is 2.19. The third-order valence-electron chi connectivity index (χ3n) is 4.43. The summed E-state index contributed by atoms with van der Waals surface area (Å²) in [5, 5.41) is 6.04. The number of aromatic nitrogens is 2. The van der Waals surface area contributed by atoms with Crippen molar-refractivity contribution in [1.29, 1.82) is 0 Å². The van der Waals surface area contributed by atoms with Gasteiger partial charge < -0.3 is 4.90 Å². The maximum absolute atomic E-state index is 13.1. The summed E-state index contributed by atoms with van der Waals surface area (Å²) < 4.78 is 1.33. The molecule has 2 aromatic carbocycles. The zero-order valence-electron chi connectivity index (χ0n) is 14.5. The number of fused-ring (bicyclic) bond motifs is 3. The third kappa shape index (κ3) is 2.45. The molecular formula is C21H17N3O2. The minimum Gasteiger partial charge on any atom is -0.345 e. The van der Waals surface area contributed by atoms with E-state index in [1.54, 1.807) is 26.4 Å². The van der Waals surface area contributed by atoms with Gasteiger partial charge in [0, 0.05) is 30.4 Å². The lowest BCUT2D eigenvalue weighted by Gasteiger charge is -2.15. The van der Waals surface area contributed by atoms with Gasteiger partial charge in [0.25, 0.3) is 11.5 Å². The predicted octanol–water partition coefficient (Wildman–Crippen LogP) is 3.22. The number of carbonyl (C=O) groups is 1. The van der Waals surface area contributed by atoms with E-state index in [4.69, 9.17) is 0 Å². The second-order valence-electron chi connectivity index (χ2n) is 6.33. The Hall–Kier alpha value is -3.47. The van der Waals surface area contributed by atoms with Gasteiger partial charge >= 0.3 is 0 Å². The maximum Gasteiger partial charge on any atom is 0.279 e. The van der Waals surface area contributed by atoms with Crippen LogP contribution in [0.15, 0.2) is 71.7 Å². The molecule has 128 valence electrons. The van der Waals surface area contributed by atoms with Gasteiger partial charge in [-0.1, -0.05) is 54.6 Å². The molecule has 0 spiro atoms. The monoisotopic (exact) mass is 343 g/mol. The molecule has 26 heavy (non-hydrogen) atoms. The van der Waals surface area contributed by atoms with Crippen LogP contribution in [0.25, 0.3) is 27.4 Å². The summed E-state index contributed by atoms with van der Waals surface area (Å²) in [6.45, 7) is 0. The highest BCUT2D eigenvalue weighted by Gasteiger charge is 2.20.